The van der Waals surface area contributed by atoms with E-state index in [1.54, 1.807) is 16.7 Å². The number of hydrogen-bond acceptors (Lipinski definition) is 16. The second-order valence-corrected chi connectivity index (χ2v) is 38.3. The van der Waals surface area contributed by atoms with Gasteiger partial charge in [-0.3, -0.25) is 19.2 Å². The molecule has 9 aliphatic heterocycles. The molecule has 0 radical (unpaired) electrons. The summed E-state index contributed by atoms with van der Waals surface area (Å²) >= 11 is 41.9. The number of amides is 5. The highest BCUT2D eigenvalue weighted by Gasteiger charge is 2.58. The van der Waals surface area contributed by atoms with Crippen molar-refractivity contribution >= 4 is 150 Å². The molecule has 9 heterocycles. The average Bonchev–Trinajstić information content (AvgIpc) is 1.57. The van der Waals surface area contributed by atoms with E-state index in [2.05, 4.69) is 114 Å². The lowest BCUT2D eigenvalue weighted by molar-refractivity contribution is -0.142. The third kappa shape index (κ3) is 16.7. The lowest BCUT2D eigenvalue weighted by atomic mass is 9.81. The Morgan fingerprint density at radius 3 is 0.913 bits per heavy atom. The summed E-state index contributed by atoms with van der Waals surface area (Å²) in [4.78, 5) is 100. The van der Waals surface area contributed by atoms with E-state index in [-0.39, 0.29) is 83.7 Å². The largest absolute Gasteiger partial charge is 0.444 e. The Morgan fingerprint density at radius 2 is 0.687 bits per heavy atom. The first kappa shape index (κ1) is 85.7. The SMILES string of the molecule is CCN(C(=O)C1=C(C(C)C)N2C(=N[C@@](C)(c3ccc(Cl)cc3)[C@H]2c2ccc(Cl)cc2)S1)C1CN(C(=O)OC(C)(C)C)C1.CCN(C(=O)C1=C(C(C)C)N2C(=N[C@@](C)(c3ccc(Cl)cc3)[C@H]2c2ccc(Cl)cc2)S1)C1CN(C(C)=O)C1.CCN(C(=O)C1=C(C(C)C)N2C(=N[C@@](C)(c3ccc(Cl)cc3)[C@H]2c2ccc(Cl)cc2)S1)C1CNC1. The minimum Gasteiger partial charge on any atom is -0.444 e. The van der Waals surface area contributed by atoms with E-state index < -0.39 is 22.2 Å². The van der Waals surface area contributed by atoms with Crippen LogP contribution in [0.25, 0.3) is 0 Å². The molecule has 9 aliphatic rings. The zero-order valence-electron chi connectivity index (χ0n) is 67.8. The summed E-state index contributed by atoms with van der Waals surface area (Å²) in [5, 5.41) is 9.86. The molecule has 6 aromatic carbocycles. The quantitative estimate of drug-likeness (QED) is 0.0863. The van der Waals surface area contributed by atoms with Crippen LogP contribution >= 0.6 is 105 Å². The van der Waals surface area contributed by atoms with E-state index in [0.29, 0.717) is 80.9 Å². The maximum absolute atomic E-state index is 14.2. The Kier molecular flexibility index (Phi) is 25.6. The third-order valence-electron chi connectivity index (χ3n) is 22.8. The van der Waals surface area contributed by atoms with Crippen LogP contribution in [-0.4, -0.2) is 167 Å². The van der Waals surface area contributed by atoms with Gasteiger partial charge in [-0.25, -0.2) is 19.8 Å². The molecule has 0 saturated carbocycles. The first-order chi connectivity index (χ1) is 54.5. The second-order valence-electron chi connectivity index (χ2n) is 32.7. The highest BCUT2D eigenvalue weighted by atomic mass is 35.5. The van der Waals surface area contributed by atoms with Crippen molar-refractivity contribution in [1.82, 2.24) is 44.5 Å². The molecule has 1 N–H and O–H groups in total. The summed E-state index contributed by atoms with van der Waals surface area (Å²) in [5.41, 5.74) is 7.05. The molecule has 6 atom stereocenters. The van der Waals surface area contributed by atoms with Crippen molar-refractivity contribution in [2.24, 2.45) is 32.7 Å². The van der Waals surface area contributed by atoms with Crippen LogP contribution in [0.15, 0.2) is 192 Å². The highest BCUT2D eigenvalue weighted by molar-refractivity contribution is 8.18. The topological polar surface area (TPSA) is 170 Å². The zero-order valence-corrected chi connectivity index (χ0v) is 74.8. The Balaban J connectivity index is 0.000000151. The molecule has 5 amide bonds. The predicted octanol–water partition coefficient (Wildman–Crippen LogP) is 20.1. The van der Waals surface area contributed by atoms with Gasteiger partial charge in [0.2, 0.25) is 5.91 Å². The summed E-state index contributed by atoms with van der Waals surface area (Å²) in [6, 6.07) is 47.1. The molecule has 6 aromatic rings. The molecular weight excluding hydrogens is 1630 g/mol. The van der Waals surface area contributed by atoms with Gasteiger partial charge in [-0.1, -0.05) is 184 Å². The van der Waals surface area contributed by atoms with E-state index >= 15 is 0 Å². The standard InChI is InChI=1S/C32H38Cl2N4O3S.C29H32Cl2N4O2S.C27H30Cl2N4OS/c1-8-37(24-17-36(18-24)30(40)41-31(4,5)6)28(39)26-25(19(2)3)38-27(20-9-13-22(33)14-10-20)32(7,35-29(38)42-26)21-11-15-23(34)16-12-21;1-6-34(23-15-33(16-23)18(4)36)27(37)25-24(17(2)3)35-26(19-7-11-21(30)12-8-19)29(5,32-28(35)38-25)20-9-13-22(31)14-10-20;1-5-32(21-14-30-15-21)25(34)23-22(16(2)3)33-24(17-6-10-19(28)11-7-17)27(4,31-26(33)35-23)18-8-12-20(29)13-9-18/h9-16,19,24,27H,8,17-18H2,1-7H3;7-14,17,23,26H,6,15-16H2,1-5H3;6-13,16,21,24,30H,5,14-15H2,1-4H3/t27-,32+;26-,29+;24-,27+/m111/s1. The average molecular weight is 1730 g/mol. The smallest absolute Gasteiger partial charge is 0.410 e. The van der Waals surface area contributed by atoms with Crippen molar-refractivity contribution < 1.29 is 28.7 Å². The number of halogens is 6. The van der Waals surface area contributed by atoms with Crippen molar-refractivity contribution in [1.29, 1.82) is 0 Å². The number of hydrogen-bond donors (Lipinski definition) is 1. The third-order valence-corrected chi connectivity index (χ3v) is 27.5. The molecular formula is C88H100Cl6N12O6S3. The van der Waals surface area contributed by atoms with Gasteiger partial charge >= 0.3 is 6.09 Å². The van der Waals surface area contributed by atoms with Crippen LogP contribution in [0.5, 0.6) is 0 Å². The fourth-order valence-electron chi connectivity index (χ4n) is 16.8. The van der Waals surface area contributed by atoms with Gasteiger partial charge in [-0.15, -0.1) is 0 Å². The zero-order chi connectivity index (χ0) is 82.8. The predicted molar refractivity (Wildman–Crippen MR) is 472 cm³/mol. The van der Waals surface area contributed by atoms with Crippen LogP contribution in [0.2, 0.25) is 30.1 Å². The van der Waals surface area contributed by atoms with Crippen LogP contribution in [0.4, 0.5) is 4.79 Å². The second kappa shape index (κ2) is 34.3. The molecule has 18 nitrogen and oxygen atoms in total. The minimum absolute atomic E-state index is 0.00885. The number of likely N-dealkylation sites (N-methyl/N-ethyl adjacent to an activating group) is 3. The van der Waals surface area contributed by atoms with Gasteiger partial charge < -0.3 is 49.3 Å². The van der Waals surface area contributed by atoms with Gasteiger partial charge in [0.15, 0.2) is 15.5 Å². The van der Waals surface area contributed by atoms with Crippen LogP contribution in [-0.2, 0) is 40.5 Å². The van der Waals surface area contributed by atoms with Crippen LogP contribution in [0.3, 0.4) is 0 Å². The van der Waals surface area contributed by atoms with E-state index in [1.165, 1.54) is 35.3 Å². The summed E-state index contributed by atoms with van der Waals surface area (Å²) in [5.74, 6) is 0.428. The lowest BCUT2D eigenvalue weighted by Crippen LogP contribution is -2.63. The maximum Gasteiger partial charge on any atom is 0.410 e. The number of nitrogens with one attached hydrogen (secondary N) is 1. The molecule has 608 valence electrons. The fraction of sp³-hybridized carbons (Fsp3) is 0.432. The van der Waals surface area contributed by atoms with E-state index in [4.69, 9.17) is 89.3 Å². The molecule has 0 unspecified atom stereocenters. The molecule has 0 bridgehead atoms. The van der Waals surface area contributed by atoms with E-state index in [0.717, 1.165) is 88.9 Å². The Hall–Kier alpha value is -7.15. The van der Waals surface area contributed by atoms with Gasteiger partial charge in [0.1, 0.15) is 36.9 Å². The molecule has 0 aliphatic carbocycles. The Morgan fingerprint density at radius 1 is 0.435 bits per heavy atom. The van der Waals surface area contributed by atoms with Gasteiger partial charge in [-0.05, 0) is 222 Å². The molecule has 27 heteroatoms. The van der Waals surface area contributed by atoms with Crippen molar-refractivity contribution in [2.75, 3.05) is 58.9 Å². The lowest BCUT2D eigenvalue weighted by Gasteiger charge is -2.45. The number of fused-ring (bicyclic) bond motifs is 3. The van der Waals surface area contributed by atoms with Crippen molar-refractivity contribution in [3.63, 3.8) is 0 Å². The van der Waals surface area contributed by atoms with E-state index in [9.17, 15) is 24.0 Å². The van der Waals surface area contributed by atoms with Crippen LogP contribution in [0.1, 0.15) is 162 Å². The van der Waals surface area contributed by atoms with Gasteiger partial charge in [0.05, 0.1) is 36.3 Å². The van der Waals surface area contributed by atoms with E-state index in [1.807, 2.05) is 171 Å². The maximum atomic E-state index is 14.2. The number of ether oxygens (including phenoxy) is 1. The van der Waals surface area contributed by atoms with Crippen molar-refractivity contribution in [3.8, 4) is 0 Å². The van der Waals surface area contributed by atoms with Crippen LogP contribution in [0, 0.1) is 17.8 Å². The number of benzene rings is 6. The summed E-state index contributed by atoms with van der Waals surface area (Å²) in [7, 11) is 0. The molecule has 0 aromatic heterocycles. The monoisotopic (exact) mass is 1730 g/mol. The number of nitrogens with zero attached hydrogens (tertiary/aromatic N) is 11. The summed E-state index contributed by atoms with van der Waals surface area (Å²) < 4.78 is 5.52. The van der Waals surface area contributed by atoms with Crippen molar-refractivity contribution in [2.45, 2.75) is 169 Å². The van der Waals surface area contributed by atoms with Gasteiger partial charge in [0.25, 0.3) is 17.7 Å². The highest BCUT2D eigenvalue weighted by Crippen LogP contribution is 2.60. The Bertz CT molecular complexity index is 4910. The molecule has 0 spiro atoms. The number of likely N-dealkylation sites (tertiary alicyclic amines) is 2. The van der Waals surface area contributed by atoms with Gasteiger partial charge in [0, 0.05) is 113 Å². The number of thioether (sulfide) groups is 3. The normalized spacial score (nSPS) is 23.1. The van der Waals surface area contributed by atoms with Crippen LogP contribution < -0.4 is 5.32 Å². The number of aliphatic imine (C=N–C) groups is 3. The summed E-state index contributed by atoms with van der Waals surface area (Å²) in [6.45, 7) is 38.0. The van der Waals surface area contributed by atoms with Gasteiger partial charge in [-0.2, -0.15) is 0 Å². The number of carbonyl (C=O) groups is 5. The molecule has 3 fully saturated rings. The fourth-order valence-corrected chi connectivity index (χ4v) is 21.7. The minimum atomic E-state index is -0.623. The molecule has 115 heavy (non-hydrogen) atoms. The summed E-state index contributed by atoms with van der Waals surface area (Å²) in [6.07, 6.45) is -0.345. The molecule has 15 rings (SSSR count). The Labute approximate surface area is 719 Å². The number of carbonyl (C=O) groups excluding carboxylic acids is 5. The number of allylic oxidation sites excluding steroid dienone is 3. The first-order valence-electron chi connectivity index (χ1n) is 39.4. The number of rotatable bonds is 18. The molecule has 3 saturated heterocycles. The van der Waals surface area contributed by atoms with Crippen molar-refractivity contribution in [3.05, 3.63) is 241 Å². The number of amidine groups is 3. The first-order valence-corrected chi connectivity index (χ1v) is 44.1.